The van der Waals surface area contributed by atoms with Crippen molar-refractivity contribution in [2.75, 3.05) is 17.7 Å². The summed E-state index contributed by atoms with van der Waals surface area (Å²) in [6, 6.07) is 15.0. The highest BCUT2D eigenvalue weighted by atomic mass is 16.5. The van der Waals surface area contributed by atoms with Crippen LogP contribution in [0.3, 0.4) is 0 Å². The molecular weight excluding hydrogens is 498 g/mol. The first kappa shape index (κ1) is 28.3. The van der Waals surface area contributed by atoms with Crippen molar-refractivity contribution in [1.29, 1.82) is 0 Å². The molecule has 0 amide bonds. The molecule has 0 aliphatic rings. The largest absolute Gasteiger partial charge is 0.494 e. The lowest BCUT2D eigenvalue weighted by Gasteiger charge is -2.15. The van der Waals surface area contributed by atoms with E-state index in [1.807, 2.05) is 50.2 Å². The molecule has 3 aromatic heterocycles. The van der Waals surface area contributed by atoms with Crippen molar-refractivity contribution < 1.29 is 14.6 Å². The summed E-state index contributed by atoms with van der Waals surface area (Å²) >= 11 is 0. The Morgan fingerprint density at radius 2 is 1.77 bits per heavy atom. The van der Waals surface area contributed by atoms with Crippen LogP contribution in [0.15, 0.2) is 73.4 Å². The van der Waals surface area contributed by atoms with E-state index in [0.717, 1.165) is 5.69 Å². The minimum Gasteiger partial charge on any atom is -0.494 e. The van der Waals surface area contributed by atoms with Crippen molar-refractivity contribution in [3.63, 3.8) is 0 Å². The number of para-hydroxylation sites is 2. The second-order valence-electron chi connectivity index (χ2n) is 7.65. The molecule has 12 heteroatoms. The number of rotatable bonds is 8. The van der Waals surface area contributed by atoms with E-state index in [1.54, 1.807) is 47.3 Å². The first-order valence-electron chi connectivity index (χ1n) is 11.8. The summed E-state index contributed by atoms with van der Waals surface area (Å²) in [7, 11) is 3.28. The molecule has 12 nitrogen and oxygen atoms in total. The van der Waals surface area contributed by atoms with Gasteiger partial charge in [0.25, 0.3) is 0 Å². The summed E-state index contributed by atoms with van der Waals surface area (Å²) in [4.78, 5) is 24.7. The zero-order chi connectivity index (χ0) is 27.1. The van der Waals surface area contributed by atoms with Gasteiger partial charge in [-0.25, -0.2) is 19.4 Å². The molecule has 2 aromatic carbocycles. The minimum atomic E-state index is -1.18. The van der Waals surface area contributed by atoms with Gasteiger partial charge in [-0.1, -0.05) is 45.5 Å². The summed E-state index contributed by atoms with van der Waals surface area (Å²) in [6.45, 7) is 4.00. The third-order valence-corrected chi connectivity index (χ3v) is 5.19. The Balaban J connectivity index is 0.00000137. The second-order valence-corrected chi connectivity index (χ2v) is 7.65. The van der Waals surface area contributed by atoms with E-state index in [0.29, 0.717) is 28.5 Å². The van der Waals surface area contributed by atoms with Crippen LogP contribution in [-0.4, -0.2) is 52.7 Å². The van der Waals surface area contributed by atoms with Crippen LogP contribution < -0.4 is 15.4 Å². The van der Waals surface area contributed by atoms with Gasteiger partial charge in [-0.3, -0.25) is 4.68 Å². The monoisotopic (exact) mass is 529 g/mol. The maximum atomic E-state index is 11.9. The Bertz CT molecular complexity index is 1530. The molecule has 3 heterocycles. The predicted octanol–water partition coefficient (Wildman–Crippen LogP) is 5.31. The number of hydrogen-bond donors (Lipinski definition) is 3. The fourth-order valence-corrected chi connectivity index (χ4v) is 3.55. The van der Waals surface area contributed by atoms with E-state index in [1.165, 1.54) is 13.3 Å². The number of carboxylic acid groups (broad SMARTS) is 1. The van der Waals surface area contributed by atoms with Gasteiger partial charge in [0.1, 0.15) is 11.9 Å². The van der Waals surface area contributed by atoms with Crippen LogP contribution in [0.5, 0.6) is 5.75 Å². The molecule has 5 rings (SSSR count). The molecule has 5 aromatic rings. The normalized spacial score (nSPS) is 10.1. The molecule has 3 N–H and O–H groups in total. The van der Waals surface area contributed by atoms with Crippen LogP contribution in [-0.2, 0) is 7.05 Å². The fraction of sp³-hybridized carbons (Fsp3) is 0.185. The molecule has 0 unspecified atom stereocenters. The van der Waals surface area contributed by atoms with Crippen molar-refractivity contribution in [2.45, 2.75) is 21.3 Å². The van der Waals surface area contributed by atoms with E-state index < -0.39 is 5.97 Å². The van der Waals surface area contributed by atoms with E-state index in [2.05, 4.69) is 35.8 Å². The fourth-order valence-electron chi connectivity index (χ4n) is 3.55. The molecule has 0 bridgehead atoms. The number of aromatic nitrogens is 7. The van der Waals surface area contributed by atoms with Gasteiger partial charge in [-0.2, -0.15) is 15.2 Å². The number of nitrogens with zero attached hydrogens (tertiary/aromatic N) is 7. The molecule has 0 aliphatic heterocycles. The topological polar surface area (TPSA) is 145 Å². The maximum Gasteiger partial charge on any atom is 0.341 e. The van der Waals surface area contributed by atoms with Crippen LogP contribution in [0.2, 0.25) is 0 Å². The molecule has 0 spiro atoms. The molecule has 0 saturated carbocycles. The number of benzene rings is 2. The zero-order valence-electron chi connectivity index (χ0n) is 21.3. The summed E-state index contributed by atoms with van der Waals surface area (Å²) in [6.07, 6.45) is 6.22. The lowest BCUT2D eigenvalue weighted by Crippen LogP contribution is -2.09. The average Bonchev–Trinajstić information content (AvgIpc) is 3.59. The number of nitrogens with one attached hydrogen (secondary N) is 2. The Kier molecular flexibility index (Phi) is 9.30. The van der Waals surface area contributed by atoms with Gasteiger partial charge in [0.2, 0.25) is 5.95 Å². The number of methoxy groups -OCH3 is 1. The first-order valence-corrected chi connectivity index (χ1v) is 11.8. The molecule has 0 fully saturated rings. The minimum absolute atomic E-state index is 0. The van der Waals surface area contributed by atoms with Gasteiger partial charge < -0.3 is 20.5 Å². The van der Waals surface area contributed by atoms with Crippen LogP contribution in [0.4, 0.5) is 23.1 Å². The van der Waals surface area contributed by atoms with Gasteiger partial charge >= 0.3 is 5.97 Å². The number of carboxylic acids is 1. The molecule has 0 atom stereocenters. The van der Waals surface area contributed by atoms with Crippen LogP contribution >= 0.6 is 0 Å². The smallest absolute Gasteiger partial charge is 0.341 e. The summed E-state index contributed by atoms with van der Waals surface area (Å²) in [5, 5.41) is 24.5. The van der Waals surface area contributed by atoms with Crippen molar-refractivity contribution in [1.82, 2.24) is 34.5 Å². The standard InChI is InChI=1S/C24H21N9O3.C2H6.CH4/c1-32-14-26-21(31-32)17-9-6-10-19(20(17)36-2)29-22-18(23(34)35)12-25-24(30-22)28-15-11-27-33(13-15)16-7-4-3-5-8-16;1-2;/h3-14H,1-2H3,(H,34,35)(H2,25,28,29,30);1-2H3;1H4. The predicted molar refractivity (Wildman–Crippen MR) is 150 cm³/mol. The van der Waals surface area contributed by atoms with Gasteiger partial charge in [-0.15, -0.1) is 0 Å². The summed E-state index contributed by atoms with van der Waals surface area (Å²) < 4.78 is 8.90. The third kappa shape index (κ3) is 6.36. The van der Waals surface area contributed by atoms with E-state index in [9.17, 15) is 9.90 Å². The number of aromatic carboxylic acids is 1. The van der Waals surface area contributed by atoms with Crippen molar-refractivity contribution in [3.8, 4) is 22.8 Å². The molecule has 0 radical (unpaired) electrons. The molecule has 39 heavy (non-hydrogen) atoms. The van der Waals surface area contributed by atoms with E-state index >= 15 is 0 Å². The van der Waals surface area contributed by atoms with Crippen LogP contribution in [0, 0.1) is 0 Å². The van der Waals surface area contributed by atoms with Gasteiger partial charge in [0.15, 0.2) is 17.4 Å². The Morgan fingerprint density at radius 1 is 1.00 bits per heavy atom. The third-order valence-electron chi connectivity index (χ3n) is 5.19. The van der Waals surface area contributed by atoms with Crippen molar-refractivity contribution in [2.24, 2.45) is 7.05 Å². The SMILES string of the molecule is C.CC.COc1c(Nc2nc(Nc3cnn(-c4ccccc4)c3)ncc2C(=O)O)cccc1-c1ncn(C)n1. The van der Waals surface area contributed by atoms with Crippen molar-refractivity contribution >= 4 is 29.1 Å². The number of hydrogen-bond acceptors (Lipinski definition) is 9. The Hall–Kier alpha value is -5.26. The van der Waals surface area contributed by atoms with Gasteiger partial charge in [-0.05, 0) is 24.3 Å². The van der Waals surface area contributed by atoms with E-state index in [-0.39, 0.29) is 24.8 Å². The Morgan fingerprint density at radius 3 is 2.44 bits per heavy atom. The Labute approximate surface area is 226 Å². The van der Waals surface area contributed by atoms with Crippen LogP contribution in [0.1, 0.15) is 31.6 Å². The number of anilines is 4. The van der Waals surface area contributed by atoms with Gasteiger partial charge in [0.05, 0.1) is 42.1 Å². The number of aryl methyl sites for hydroxylation is 1. The van der Waals surface area contributed by atoms with Crippen LogP contribution in [0.25, 0.3) is 17.1 Å². The first-order chi connectivity index (χ1) is 18.5. The highest BCUT2D eigenvalue weighted by Crippen LogP contribution is 2.36. The molecule has 0 saturated heterocycles. The zero-order valence-corrected chi connectivity index (χ0v) is 21.3. The number of carbonyl (C=O) groups is 1. The molecular formula is C27H31N9O3. The quantitative estimate of drug-likeness (QED) is 0.242. The van der Waals surface area contributed by atoms with Crippen molar-refractivity contribution in [3.05, 3.63) is 79.0 Å². The lowest BCUT2D eigenvalue weighted by molar-refractivity contribution is 0.0697. The second kappa shape index (κ2) is 12.8. The molecule has 202 valence electrons. The maximum absolute atomic E-state index is 11.9. The van der Waals surface area contributed by atoms with E-state index in [4.69, 9.17) is 4.74 Å². The van der Waals surface area contributed by atoms with Gasteiger partial charge in [0, 0.05) is 13.2 Å². The molecule has 0 aliphatic carbocycles. The average molecular weight is 530 g/mol. The highest BCUT2D eigenvalue weighted by Gasteiger charge is 2.19. The number of ether oxygens (including phenoxy) is 1. The summed E-state index contributed by atoms with van der Waals surface area (Å²) in [5.41, 5.74) is 2.55. The highest BCUT2D eigenvalue weighted by molar-refractivity contribution is 5.94. The summed E-state index contributed by atoms with van der Waals surface area (Å²) in [5.74, 6) is 0.00759. The lowest BCUT2D eigenvalue weighted by atomic mass is 10.1.